The van der Waals surface area contributed by atoms with Crippen molar-refractivity contribution >= 4 is 46.8 Å². The van der Waals surface area contributed by atoms with E-state index in [-0.39, 0.29) is 24.4 Å². The number of benzene rings is 3. The Labute approximate surface area is 247 Å². The van der Waals surface area contributed by atoms with Crippen molar-refractivity contribution in [3.8, 4) is 0 Å². The zero-order valence-corrected chi connectivity index (χ0v) is 23.3. The molecule has 4 aliphatic rings. The van der Waals surface area contributed by atoms with E-state index >= 15 is 0 Å². The third kappa shape index (κ3) is 4.50. The molecule has 3 aromatic carbocycles. The molecule has 42 heavy (non-hydrogen) atoms. The number of anilines is 1. The van der Waals surface area contributed by atoms with Crippen LogP contribution >= 0.6 is 11.6 Å². The summed E-state index contributed by atoms with van der Waals surface area (Å²) >= 11 is 5.99. The van der Waals surface area contributed by atoms with Gasteiger partial charge in [0.15, 0.2) is 12.1 Å². The average Bonchev–Trinajstić information content (AvgIpc) is 3.68. The number of rotatable bonds is 5. The number of hydrazone groups is 1. The first-order chi connectivity index (χ1) is 20.5. The second kappa shape index (κ2) is 10.6. The van der Waals surface area contributed by atoms with Gasteiger partial charge in [0.1, 0.15) is 6.54 Å². The lowest BCUT2D eigenvalue weighted by Gasteiger charge is -2.30. The van der Waals surface area contributed by atoms with E-state index in [1.807, 2.05) is 48.5 Å². The first-order valence-corrected chi connectivity index (χ1v) is 14.4. The monoisotopic (exact) mass is 578 g/mol. The van der Waals surface area contributed by atoms with Gasteiger partial charge in [-0.25, -0.2) is 9.91 Å². The van der Waals surface area contributed by atoms with Crippen molar-refractivity contribution in [1.29, 1.82) is 0 Å². The molecule has 7 rings (SSSR count). The number of hydrogen-bond donors (Lipinski definition) is 0. The van der Waals surface area contributed by atoms with Gasteiger partial charge in [-0.05, 0) is 66.3 Å². The molecule has 1 aliphatic carbocycles. The van der Waals surface area contributed by atoms with E-state index in [9.17, 15) is 14.4 Å². The Hall–Kier alpha value is -4.63. The van der Waals surface area contributed by atoms with Crippen molar-refractivity contribution < 1.29 is 14.4 Å². The molecule has 10 heteroatoms. The molecule has 0 N–H and O–H groups in total. The molecule has 3 heterocycles. The van der Waals surface area contributed by atoms with Gasteiger partial charge in [0.2, 0.25) is 0 Å². The van der Waals surface area contributed by atoms with Gasteiger partial charge >= 0.3 is 0 Å². The summed E-state index contributed by atoms with van der Waals surface area (Å²) in [5, 5.41) is 16.5. The zero-order valence-electron chi connectivity index (χ0n) is 22.6. The maximum atomic E-state index is 14.0. The molecular weight excluding hydrogens is 552 g/mol. The molecule has 1 saturated carbocycles. The highest BCUT2D eigenvalue weighted by atomic mass is 35.5. The largest absolute Gasteiger partial charge is 0.271 e. The molecule has 0 unspecified atom stereocenters. The van der Waals surface area contributed by atoms with Crippen molar-refractivity contribution in [1.82, 2.24) is 10.0 Å². The highest BCUT2D eigenvalue weighted by molar-refractivity contribution is 6.31. The molecule has 0 bridgehead atoms. The van der Waals surface area contributed by atoms with E-state index in [0.717, 1.165) is 46.6 Å². The average molecular weight is 579 g/mol. The summed E-state index contributed by atoms with van der Waals surface area (Å²) in [5.41, 5.74) is 4.55. The Kier molecular flexibility index (Phi) is 6.66. The number of carbonyl (C=O) groups is 3. The fourth-order valence-electron chi connectivity index (χ4n) is 6.35. The minimum atomic E-state index is -1.00. The fourth-order valence-corrected chi connectivity index (χ4v) is 6.48. The number of imide groups is 1. The Balaban J connectivity index is 1.18. The van der Waals surface area contributed by atoms with Crippen molar-refractivity contribution in [2.24, 2.45) is 21.4 Å². The Morgan fingerprint density at radius 2 is 1.62 bits per heavy atom. The van der Waals surface area contributed by atoms with Gasteiger partial charge in [-0.15, -0.1) is 0 Å². The lowest BCUT2D eigenvalue weighted by molar-refractivity contribution is -0.136. The predicted octanol–water partition coefficient (Wildman–Crippen LogP) is 5.46. The van der Waals surface area contributed by atoms with Crippen LogP contribution in [0.5, 0.6) is 0 Å². The van der Waals surface area contributed by atoms with E-state index in [1.54, 1.807) is 29.3 Å². The van der Waals surface area contributed by atoms with E-state index in [4.69, 9.17) is 16.7 Å². The number of carbonyl (C=O) groups excluding carboxylic acids is 3. The standard InChI is InChI=1S/C32H27ClN6O3/c33-23-14-16-24(17-15-23)38-31(41)28-30(32(38)42)37(36-34-28)19-26(40)39-29(21-10-5-2-6-11-21)25-13-7-12-22(27(25)35-39)18-20-8-3-1-4-9-20/h1-6,8-11,14-18,25,28-30H,7,12-13,19H2/b22-18+/t25-,28+,29-,30-/m0/s1. The first kappa shape index (κ1) is 26.3. The van der Waals surface area contributed by atoms with Crippen LogP contribution in [0.25, 0.3) is 6.08 Å². The molecule has 3 amide bonds. The summed E-state index contributed by atoms with van der Waals surface area (Å²) in [5.74, 6) is -1.21. The quantitative estimate of drug-likeness (QED) is 0.376. The molecular formula is C32H27ClN6O3. The van der Waals surface area contributed by atoms with Gasteiger partial charge < -0.3 is 0 Å². The Bertz CT molecular complexity index is 1640. The molecule has 0 aromatic heterocycles. The van der Waals surface area contributed by atoms with Gasteiger partial charge in [-0.2, -0.15) is 10.2 Å². The number of halogens is 1. The number of hydrogen-bond acceptors (Lipinski definition) is 7. The van der Waals surface area contributed by atoms with Gasteiger partial charge in [0.25, 0.3) is 17.7 Å². The maximum Gasteiger partial charge on any atom is 0.264 e. The van der Waals surface area contributed by atoms with Crippen LogP contribution in [-0.4, -0.2) is 52.1 Å². The molecule has 210 valence electrons. The van der Waals surface area contributed by atoms with Crippen LogP contribution in [0.2, 0.25) is 5.02 Å². The predicted molar refractivity (Wildman–Crippen MR) is 158 cm³/mol. The number of amides is 3. The van der Waals surface area contributed by atoms with E-state index in [2.05, 4.69) is 28.5 Å². The lowest BCUT2D eigenvalue weighted by atomic mass is 9.77. The molecule has 9 nitrogen and oxygen atoms in total. The first-order valence-electron chi connectivity index (χ1n) is 14.0. The fraction of sp³-hybridized carbons (Fsp3) is 0.250. The van der Waals surface area contributed by atoms with Crippen LogP contribution in [0.1, 0.15) is 36.4 Å². The highest BCUT2D eigenvalue weighted by Crippen LogP contribution is 2.44. The molecule has 1 saturated heterocycles. The summed E-state index contributed by atoms with van der Waals surface area (Å²) in [6, 6.07) is 24.2. The second-order valence-corrected chi connectivity index (χ2v) is 11.3. The molecule has 0 spiro atoms. The van der Waals surface area contributed by atoms with Crippen molar-refractivity contribution in [3.05, 3.63) is 107 Å². The van der Waals surface area contributed by atoms with E-state index in [1.165, 1.54) is 5.01 Å². The molecule has 0 radical (unpaired) electrons. The summed E-state index contributed by atoms with van der Waals surface area (Å²) in [4.78, 5) is 41.7. The van der Waals surface area contributed by atoms with Gasteiger partial charge in [-0.1, -0.05) is 77.5 Å². The summed E-state index contributed by atoms with van der Waals surface area (Å²) in [6.07, 6.45) is 4.95. The second-order valence-electron chi connectivity index (χ2n) is 10.8. The minimum Gasteiger partial charge on any atom is -0.271 e. The smallest absolute Gasteiger partial charge is 0.264 e. The minimum absolute atomic E-state index is 0.0445. The van der Waals surface area contributed by atoms with E-state index < -0.39 is 23.9 Å². The van der Waals surface area contributed by atoms with Crippen LogP contribution in [0.4, 0.5) is 5.69 Å². The summed E-state index contributed by atoms with van der Waals surface area (Å²) in [7, 11) is 0. The molecule has 2 fully saturated rings. The Morgan fingerprint density at radius 1 is 0.905 bits per heavy atom. The zero-order chi connectivity index (χ0) is 28.8. The van der Waals surface area contributed by atoms with Crippen LogP contribution < -0.4 is 4.90 Å². The number of fused-ring (bicyclic) bond motifs is 2. The van der Waals surface area contributed by atoms with Crippen LogP contribution in [0, 0.1) is 5.92 Å². The van der Waals surface area contributed by atoms with Gasteiger partial charge in [0, 0.05) is 10.9 Å². The summed E-state index contributed by atoms with van der Waals surface area (Å²) in [6.45, 7) is -0.233. The number of allylic oxidation sites excluding steroid dienone is 1. The van der Waals surface area contributed by atoms with Crippen molar-refractivity contribution in [2.75, 3.05) is 11.4 Å². The summed E-state index contributed by atoms with van der Waals surface area (Å²) < 4.78 is 0. The molecule has 3 aliphatic heterocycles. The third-order valence-corrected chi connectivity index (χ3v) is 8.53. The maximum absolute atomic E-state index is 14.0. The van der Waals surface area contributed by atoms with Crippen LogP contribution in [0.3, 0.4) is 0 Å². The van der Waals surface area contributed by atoms with Gasteiger partial charge in [0.05, 0.1) is 17.4 Å². The highest BCUT2D eigenvalue weighted by Gasteiger charge is 2.55. The SMILES string of the molecule is O=C1[C@@H]2[C@@H](N=NN2CC(=O)N2N=C3/C(=C/c4ccccc4)CCC[C@@H]3[C@@H]2c2ccccc2)C(=O)N1c1ccc(Cl)cc1. The third-order valence-electron chi connectivity index (χ3n) is 8.28. The molecule has 4 atom stereocenters. The molecule has 3 aromatic rings. The van der Waals surface area contributed by atoms with Crippen LogP contribution in [0.15, 0.2) is 106 Å². The van der Waals surface area contributed by atoms with Gasteiger partial charge in [-0.3, -0.25) is 19.4 Å². The van der Waals surface area contributed by atoms with Crippen molar-refractivity contribution in [3.63, 3.8) is 0 Å². The van der Waals surface area contributed by atoms with Crippen LogP contribution in [-0.2, 0) is 14.4 Å². The lowest BCUT2D eigenvalue weighted by Crippen LogP contribution is -2.45. The topological polar surface area (TPSA) is 98.0 Å². The normalized spacial score (nSPS) is 25.7. The Morgan fingerprint density at radius 3 is 2.36 bits per heavy atom. The van der Waals surface area contributed by atoms with E-state index in [0.29, 0.717) is 10.7 Å². The number of nitrogens with zero attached hydrogens (tertiary/aromatic N) is 6. The van der Waals surface area contributed by atoms with Crippen molar-refractivity contribution in [2.45, 2.75) is 37.4 Å².